The van der Waals surface area contributed by atoms with Gasteiger partial charge in [-0.15, -0.1) is 0 Å². The lowest BCUT2D eigenvalue weighted by Gasteiger charge is -2.11. The molecule has 0 bridgehead atoms. The minimum Gasteiger partial charge on any atom is -0.456 e. The third-order valence-electron chi connectivity index (χ3n) is 3.36. The molecule has 142 valence electrons. The molecular formula is C18H21N5O4. The van der Waals surface area contributed by atoms with Gasteiger partial charge in [0.05, 0.1) is 6.42 Å². The van der Waals surface area contributed by atoms with Gasteiger partial charge in [-0.3, -0.25) is 14.4 Å². The summed E-state index contributed by atoms with van der Waals surface area (Å²) in [4.78, 5) is 44.7. The molecule has 2 aromatic rings. The zero-order valence-electron chi connectivity index (χ0n) is 15.1. The van der Waals surface area contributed by atoms with E-state index in [-0.39, 0.29) is 18.9 Å². The molecule has 27 heavy (non-hydrogen) atoms. The number of benzene rings is 1. The van der Waals surface area contributed by atoms with Gasteiger partial charge in [0.1, 0.15) is 0 Å². The second-order valence-corrected chi connectivity index (χ2v) is 5.73. The molecule has 9 heteroatoms. The molecular weight excluding hydrogens is 350 g/mol. The lowest BCUT2D eigenvalue weighted by atomic mass is 10.2. The Morgan fingerprint density at radius 1 is 1.07 bits per heavy atom. The summed E-state index contributed by atoms with van der Waals surface area (Å²) in [6.45, 7) is -0.0924. The highest BCUT2D eigenvalue weighted by Gasteiger charge is 2.10. The molecule has 0 aliphatic carbocycles. The van der Waals surface area contributed by atoms with Crippen LogP contribution in [-0.2, 0) is 14.3 Å². The summed E-state index contributed by atoms with van der Waals surface area (Å²) >= 11 is 0. The van der Waals surface area contributed by atoms with Gasteiger partial charge in [0, 0.05) is 44.3 Å². The zero-order chi connectivity index (χ0) is 19.6. The first-order chi connectivity index (χ1) is 13.0. The summed E-state index contributed by atoms with van der Waals surface area (Å²) in [6.07, 6.45) is 3.24. The first-order valence-corrected chi connectivity index (χ1v) is 8.24. The van der Waals surface area contributed by atoms with E-state index in [9.17, 15) is 14.4 Å². The van der Waals surface area contributed by atoms with Crippen molar-refractivity contribution in [2.45, 2.75) is 6.42 Å². The second kappa shape index (κ2) is 9.85. The van der Waals surface area contributed by atoms with Crippen LogP contribution in [0.4, 0.5) is 11.6 Å². The largest absolute Gasteiger partial charge is 0.456 e. The maximum atomic E-state index is 11.8. The number of nitrogens with one attached hydrogen (secondary N) is 2. The number of anilines is 2. The second-order valence-electron chi connectivity index (χ2n) is 5.73. The predicted octanol–water partition coefficient (Wildman–Crippen LogP) is 1.16. The third kappa shape index (κ3) is 6.73. The number of carbonyl (C=O) groups excluding carboxylic acids is 3. The lowest BCUT2D eigenvalue weighted by Crippen LogP contribution is -2.23. The van der Waals surface area contributed by atoms with Crippen molar-refractivity contribution in [3.05, 3.63) is 48.3 Å². The molecule has 0 aliphatic rings. The maximum Gasteiger partial charge on any atom is 0.308 e. The van der Waals surface area contributed by atoms with E-state index >= 15 is 0 Å². The molecule has 1 aromatic carbocycles. The van der Waals surface area contributed by atoms with Crippen LogP contribution in [0.3, 0.4) is 0 Å². The molecule has 0 aliphatic heterocycles. The lowest BCUT2D eigenvalue weighted by molar-refractivity contribution is -0.147. The highest BCUT2D eigenvalue weighted by Crippen LogP contribution is 2.10. The Kier molecular flexibility index (Phi) is 7.24. The number of ether oxygens (including phenoxy) is 1. The van der Waals surface area contributed by atoms with Gasteiger partial charge in [0.25, 0.3) is 11.8 Å². The first-order valence-electron chi connectivity index (χ1n) is 8.24. The van der Waals surface area contributed by atoms with Crippen LogP contribution in [0.5, 0.6) is 0 Å². The van der Waals surface area contributed by atoms with E-state index in [4.69, 9.17) is 4.74 Å². The number of amides is 2. The average molecular weight is 371 g/mol. The topological polar surface area (TPSA) is 114 Å². The molecule has 2 rings (SSSR count). The zero-order valence-corrected chi connectivity index (χ0v) is 15.1. The van der Waals surface area contributed by atoms with Crippen molar-refractivity contribution in [2.75, 3.05) is 37.9 Å². The molecule has 0 spiro atoms. The van der Waals surface area contributed by atoms with Gasteiger partial charge in [0.15, 0.2) is 6.61 Å². The quantitative estimate of drug-likeness (QED) is 0.669. The van der Waals surface area contributed by atoms with Gasteiger partial charge in [0.2, 0.25) is 5.95 Å². The Bertz CT molecular complexity index is 778. The van der Waals surface area contributed by atoms with Crippen molar-refractivity contribution in [3.63, 3.8) is 0 Å². The molecule has 1 heterocycles. The molecule has 0 fully saturated rings. The predicted molar refractivity (Wildman–Crippen MR) is 99.2 cm³/mol. The molecule has 2 N–H and O–H groups in total. The SMILES string of the molecule is CN(C)C(=O)c1ccc(NC(=O)COC(=O)CCNc2ncccn2)cc1. The molecule has 0 unspecified atom stereocenters. The van der Waals surface area contributed by atoms with Crippen LogP contribution < -0.4 is 10.6 Å². The smallest absolute Gasteiger partial charge is 0.308 e. The number of aromatic nitrogens is 2. The number of hydrogen-bond donors (Lipinski definition) is 2. The van der Waals surface area contributed by atoms with E-state index in [0.717, 1.165) is 0 Å². The fourth-order valence-corrected chi connectivity index (χ4v) is 2.04. The normalized spacial score (nSPS) is 10.0. The van der Waals surface area contributed by atoms with E-state index in [1.807, 2.05) is 0 Å². The summed E-state index contributed by atoms with van der Waals surface area (Å²) in [7, 11) is 3.32. The highest BCUT2D eigenvalue weighted by molar-refractivity contribution is 5.96. The number of nitrogens with zero attached hydrogens (tertiary/aromatic N) is 3. The van der Waals surface area contributed by atoms with Crippen molar-refractivity contribution >= 4 is 29.4 Å². The van der Waals surface area contributed by atoms with E-state index in [2.05, 4.69) is 20.6 Å². The van der Waals surface area contributed by atoms with Gasteiger partial charge < -0.3 is 20.3 Å². The van der Waals surface area contributed by atoms with Crippen LogP contribution in [-0.4, -0.2) is 59.9 Å². The summed E-state index contributed by atoms with van der Waals surface area (Å²) < 4.78 is 4.91. The maximum absolute atomic E-state index is 11.8. The Hall–Kier alpha value is -3.49. The average Bonchev–Trinajstić information content (AvgIpc) is 2.67. The third-order valence-corrected chi connectivity index (χ3v) is 3.36. The highest BCUT2D eigenvalue weighted by atomic mass is 16.5. The molecule has 2 amide bonds. The van der Waals surface area contributed by atoms with Crippen molar-refractivity contribution in [1.29, 1.82) is 0 Å². The monoisotopic (exact) mass is 371 g/mol. The standard InChI is InChI=1S/C18H21N5O4/c1-23(2)17(26)13-4-6-14(7-5-13)22-15(24)12-27-16(25)8-11-21-18-19-9-3-10-20-18/h3-7,9-10H,8,11-12H2,1-2H3,(H,22,24)(H,19,20,21). The Labute approximate surface area is 156 Å². The van der Waals surface area contributed by atoms with Gasteiger partial charge in [-0.05, 0) is 30.3 Å². The number of esters is 1. The minimum atomic E-state index is -0.513. The fraction of sp³-hybridized carbons (Fsp3) is 0.278. The number of carbonyl (C=O) groups is 3. The summed E-state index contributed by atoms with van der Waals surface area (Å²) in [5.41, 5.74) is 1.02. The summed E-state index contributed by atoms with van der Waals surface area (Å²) in [5, 5.41) is 5.47. The van der Waals surface area contributed by atoms with Gasteiger partial charge in [-0.25, -0.2) is 9.97 Å². The summed E-state index contributed by atoms with van der Waals surface area (Å²) in [6, 6.07) is 8.13. The molecule has 0 saturated heterocycles. The van der Waals surface area contributed by atoms with Crippen LogP contribution in [0.25, 0.3) is 0 Å². The van der Waals surface area contributed by atoms with Gasteiger partial charge in [-0.1, -0.05) is 0 Å². The first kappa shape index (κ1) is 19.8. The van der Waals surface area contributed by atoms with Crippen molar-refractivity contribution in [3.8, 4) is 0 Å². The van der Waals surface area contributed by atoms with Crippen LogP contribution in [0, 0.1) is 0 Å². The molecule has 0 atom stereocenters. The van der Waals surface area contributed by atoms with Gasteiger partial charge >= 0.3 is 5.97 Å². The number of hydrogen-bond acceptors (Lipinski definition) is 7. The van der Waals surface area contributed by atoms with E-state index in [0.29, 0.717) is 23.7 Å². The number of rotatable bonds is 8. The molecule has 0 radical (unpaired) electrons. The fourth-order valence-electron chi connectivity index (χ4n) is 2.04. The Balaban J connectivity index is 1.69. The van der Waals surface area contributed by atoms with Gasteiger partial charge in [-0.2, -0.15) is 0 Å². The van der Waals surface area contributed by atoms with Crippen molar-refractivity contribution < 1.29 is 19.1 Å². The minimum absolute atomic E-state index is 0.0763. The van der Waals surface area contributed by atoms with Crippen LogP contribution in [0.15, 0.2) is 42.7 Å². The van der Waals surface area contributed by atoms with Crippen molar-refractivity contribution in [1.82, 2.24) is 14.9 Å². The molecule has 1 aromatic heterocycles. The molecule has 0 saturated carbocycles. The summed E-state index contributed by atoms with van der Waals surface area (Å²) in [5.74, 6) is -0.689. The van der Waals surface area contributed by atoms with Crippen molar-refractivity contribution in [2.24, 2.45) is 0 Å². The van der Waals surface area contributed by atoms with Crippen LogP contribution >= 0.6 is 0 Å². The van der Waals surface area contributed by atoms with E-state index in [1.54, 1.807) is 56.8 Å². The van der Waals surface area contributed by atoms with E-state index in [1.165, 1.54) is 4.90 Å². The Morgan fingerprint density at radius 3 is 2.37 bits per heavy atom. The Morgan fingerprint density at radius 2 is 1.74 bits per heavy atom. The van der Waals surface area contributed by atoms with Crippen LogP contribution in [0.2, 0.25) is 0 Å². The van der Waals surface area contributed by atoms with Crippen LogP contribution in [0.1, 0.15) is 16.8 Å². The van der Waals surface area contributed by atoms with E-state index < -0.39 is 11.9 Å². The molecule has 9 nitrogen and oxygen atoms in total.